The molecule has 4 fully saturated rings. The Balaban J connectivity index is 1.71. The van der Waals surface area contributed by atoms with Crippen LogP contribution >= 0.6 is 0 Å². The molecule has 3 nitrogen and oxygen atoms in total. The van der Waals surface area contributed by atoms with Crippen LogP contribution in [0.25, 0.3) is 0 Å². The van der Waals surface area contributed by atoms with E-state index in [0.717, 1.165) is 38.5 Å². The van der Waals surface area contributed by atoms with Crippen molar-refractivity contribution in [2.75, 3.05) is 0 Å². The lowest BCUT2D eigenvalue weighted by atomic mass is 9.45. The van der Waals surface area contributed by atoms with Crippen molar-refractivity contribution in [1.82, 2.24) is 0 Å². The number of ketones is 2. The van der Waals surface area contributed by atoms with E-state index in [1.54, 1.807) is 0 Å². The summed E-state index contributed by atoms with van der Waals surface area (Å²) in [5.74, 6) is 2.14. The number of aliphatic hydroxyl groups excluding tert-OH is 1. The molecular formula is C19H28O3. The van der Waals surface area contributed by atoms with Gasteiger partial charge in [0.15, 0.2) is 0 Å². The molecular weight excluding hydrogens is 276 g/mol. The predicted molar refractivity (Wildman–Crippen MR) is 83.1 cm³/mol. The van der Waals surface area contributed by atoms with Gasteiger partial charge in [0.25, 0.3) is 0 Å². The topological polar surface area (TPSA) is 54.4 Å². The quantitative estimate of drug-likeness (QED) is 0.748. The molecule has 1 N–H and O–H groups in total. The second-order valence-corrected chi connectivity index (χ2v) is 8.98. The molecule has 0 radical (unpaired) electrons. The number of rotatable bonds is 0. The van der Waals surface area contributed by atoms with Gasteiger partial charge in [0.1, 0.15) is 11.6 Å². The first-order valence-corrected chi connectivity index (χ1v) is 9.10. The molecule has 0 spiro atoms. The number of carbonyl (C=O) groups excluding carboxylic acids is 2. The Bertz CT molecular complexity index is 527. The zero-order chi connectivity index (χ0) is 15.7. The minimum Gasteiger partial charge on any atom is -0.393 e. The van der Waals surface area contributed by atoms with E-state index in [-0.39, 0.29) is 22.9 Å². The van der Waals surface area contributed by atoms with Gasteiger partial charge in [0.2, 0.25) is 0 Å². The zero-order valence-electron chi connectivity index (χ0n) is 13.8. The molecule has 4 saturated carbocycles. The molecule has 0 saturated heterocycles. The Hall–Kier alpha value is -0.700. The smallest absolute Gasteiger partial charge is 0.139 e. The molecule has 7 atom stereocenters. The van der Waals surface area contributed by atoms with Crippen molar-refractivity contribution >= 4 is 11.6 Å². The van der Waals surface area contributed by atoms with Gasteiger partial charge in [-0.05, 0) is 61.7 Å². The molecule has 0 aromatic carbocycles. The number of hydrogen-bond acceptors (Lipinski definition) is 3. The molecule has 0 amide bonds. The highest BCUT2D eigenvalue weighted by Crippen LogP contribution is 2.64. The van der Waals surface area contributed by atoms with Crippen molar-refractivity contribution in [3.05, 3.63) is 0 Å². The highest BCUT2D eigenvalue weighted by molar-refractivity contribution is 5.95. The number of carbonyl (C=O) groups is 2. The first-order chi connectivity index (χ1) is 10.4. The first kappa shape index (κ1) is 14.9. The van der Waals surface area contributed by atoms with Crippen molar-refractivity contribution in [3.63, 3.8) is 0 Å². The van der Waals surface area contributed by atoms with Gasteiger partial charge < -0.3 is 5.11 Å². The van der Waals surface area contributed by atoms with Gasteiger partial charge >= 0.3 is 0 Å². The Labute approximate surface area is 132 Å². The summed E-state index contributed by atoms with van der Waals surface area (Å²) in [6, 6.07) is 0. The van der Waals surface area contributed by atoms with Gasteiger partial charge in [-0.2, -0.15) is 0 Å². The van der Waals surface area contributed by atoms with E-state index in [9.17, 15) is 14.7 Å². The Kier molecular flexibility index (Phi) is 3.15. The summed E-state index contributed by atoms with van der Waals surface area (Å²) < 4.78 is 0. The van der Waals surface area contributed by atoms with Crippen LogP contribution in [0.5, 0.6) is 0 Å². The van der Waals surface area contributed by atoms with Crippen LogP contribution in [0.2, 0.25) is 0 Å². The fourth-order valence-electron chi connectivity index (χ4n) is 6.83. The molecule has 4 rings (SSSR count). The van der Waals surface area contributed by atoms with E-state index in [2.05, 4.69) is 13.8 Å². The van der Waals surface area contributed by atoms with Crippen molar-refractivity contribution in [2.45, 2.75) is 71.3 Å². The van der Waals surface area contributed by atoms with Crippen molar-refractivity contribution in [3.8, 4) is 0 Å². The molecule has 0 aliphatic heterocycles. The molecule has 0 bridgehead atoms. The monoisotopic (exact) mass is 304 g/mol. The number of fused-ring (bicyclic) bond motifs is 5. The van der Waals surface area contributed by atoms with E-state index < -0.39 is 0 Å². The second kappa shape index (κ2) is 4.66. The molecule has 122 valence electrons. The summed E-state index contributed by atoms with van der Waals surface area (Å²) in [7, 11) is 0. The zero-order valence-corrected chi connectivity index (χ0v) is 13.8. The maximum atomic E-state index is 13.0. The molecule has 4 aliphatic carbocycles. The summed E-state index contributed by atoms with van der Waals surface area (Å²) in [6.07, 6.45) is 6.86. The lowest BCUT2D eigenvalue weighted by molar-refractivity contribution is -0.162. The minimum absolute atomic E-state index is 0.0617. The van der Waals surface area contributed by atoms with Crippen molar-refractivity contribution in [1.29, 1.82) is 0 Å². The summed E-state index contributed by atoms with van der Waals surface area (Å²) in [5, 5.41) is 10.0. The summed E-state index contributed by atoms with van der Waals surface area (Å²) in [4.78, 5) is 25.4. The standard InChI is InChI=1S/C19H28O3/c1-18-8-7-12(20)9-11(18)3-4-13-14-5-6-16(22)19(14,2)10-15(21)17(13)18/h11-14,17,20H,3-10H2,1-2H3/t11-,12+,13-,14-,17+,18-,19-/m1/s1. The van der Waals surface area contributed by atoms with Gasteiger partial charge in [0.05, 0.1) is 6.10 Å². The van der Waals surface area contributed by atoms with Crippen LogP contribution in [-0.2, 0) is 9.59 Å². The highest BCUT2D eigenvalue weighted by Gasteiger charge is 2.63. The van der Waals surface area contributed by atoms with Crippen LogP contribution in [0.15, 0.2) is 0 Å². The maximum absolute atomic E-state index is 13.0. The summed E-state index contributed by atoms with van der Waals surface area (Å²) in [5.41, 5.74) is -0.304. The SMILES string of the molecule is C[C@@]12CC[C@H](O)C[C@H]1CC[C@H]1[C@H]2C(=O)C[C@@]2(C)C(=O)CC[C@H]12. The third-order valence-electron chi connectivity index (χ3n) is 8.04. The van der Waals surface area contributed by atoms with Gasteiger partial charge in [-0.1, -0.05) is 13.8 Å². The molecule has 22 heavy (non-hydrogen) atoms. The Morgan fingerprint density at radius 3 is 2.64 bits per heavy atom. The van der Waals surface area contributed by atoms with Crippen LogP contribution in [0.1, 0.15) is 65.2 Å². The van der Waals surface area contributed by atoms with Gasteiger partial charge in [0, 0.05) is 24.2 Å². The van der Waals surface area contributed by atoms with Crippen LogP contribution in [0, 0.1) is 34.5 Å². The minimum atomic E-state index is -0.365. The van der Waals surface area contributed by atoms with E-state index >= 15 is 0 Å². The van der Waals surface area contributed by atoms with Crippen LogP contribution in [0.3, 0.4) is 0 Å². The van der Waals surface area contributed by atoms with E-state index in [1.165, 1.54) is 0 Å². The van der Waals surface area contributed by atoms with Gasteiger partial charge in [-0.25, -0.2) is 0 Å². The fraction of sp³-hybridized carbons (Fsp3) is 0.895. The van der Waals surface area contributed by atoms with E-state index in [4.69, 9.17) is 0 Å². The molecule has 0 unspecified atom stereocenters. The largest absolute Gasteiger partial charge is 0.393 e. The second-order valence-electron chi connectivity index (χ2n) is 8.98. The molecule has 0 aromatic heterocycles. The lowest BCUT2D eigenvalue weighted by Crippen LogP contribution is -2.57. The third kappa shape index (κ3) is 1.78. The lowest BCUT2D eigenvalue weighted by Gasteiger charge is -2.58. The number of aliphatic hydroxyl groups is 1. The molecule has 0 heterocycles. The fourth-order valence-corrected chi connectivity index (χ4v) is 6.83. The molecule has 3 heteroatoms. The highest BCUT2D eigenvalue weighted by atomic mass is 16.3. The molecule has 0 aromatic rings. The van der Waals surface area contributed by atoms with Gasteiger partial charge in [-0.15, -0.1) is 0 Å². The Morgan fingerprint density at radius 1 is 1.09 bits per heavy atom. The van der Waals surface area contributed by atoms with Crippen LogP contribution in [0.4, 0.5) is 0 Å². The average molecular weight is 304 g/mol. The first-order valence-electron chi connectivity index (χ1n) is 9.10. The number of hydrogen-bond donors (Lipinski definition) is 1. The average Bonchev–Trinajstić information content (AvgIpc) is 2.75. The predicted octanol–water partition coefficient (Wildman–Crippen LogP) is 3.14. The maximum Gasteiger partial charge on any atom is 0.139 e. The molecule has 4 aliphatic rings. The van der Waals surface area contributed by atoms with Gasteiger partial charge in [-0.3, -0.25) is 9.59 Å². The van der Waals surface area contributed by atoms with Crippen LogP contribution < -0.4 is 0 Å². The van der Waals surface area contributed by atoms with E-state index in [1.807, 2.05) is 0 Å². The normalized spacial score (nSPS) is 54.6. The van der Waals surface area contributed by atoms with Crippen molar-refractivity contribution < 1.29 is 14.7 Å². The van der Waals surface area contributed by atoms with Crippen molar-refractivity contribution in [2.24, 2.45) is 34.5 Å². The summed E-state index contributed by atoms with van der Waals surface area (Å²) in [6.45, 7) is 4.36. The summed E-state index contributed by atoms with van der Waals surface area (Å²) >= 11 is 0. The Morgan fingerprint density at radius 2 is 1.86 bits per heavy atom. The third-order valence-corrected chi connectivity index (χ3v) is 8.04. The van der Waals surface area contributed by atoms with E-state index in [0.29, 0.717) is 42.2 Å². The van der Waals surface area contributed by atoms with Crippen LogP contribution in [-0.4, -0.2) is 22.8 Å². The number of Topliss-reactive ketones (excluding diaryl/α,β-unsaturated/α-hetero) is 2.